The molecule has 2 heterocycles. The van der Waals surface area contributed by atoms with Crippen molar-refractivity contribution in [1.29, 1.82) is 0 Å². The smallest absolute Gasteiger partial charge is 0.264 e. The molecule has 5 heteroatoms. The zero-order valence-corrected chi connectivity index (χ0v) is 18.9. The van der Waals surface area contributed by atoms with Crippen LogP contribution in [0.4, 0.5) is 5.69 Å². The van der Waals surface area contributed by atoms with Crippen molar-refractivity contribution in [2.24, 2.45) is 0 Å². The molecule has 1 saturated heterocycles. The predicted octanol–water partition coefficient (Wildman–Crippen LogP) is 3.91. The SMILES string of the molecule is CC(O)CC1(O)C(=O)N(C2CCN(C3Cc4cccc5cccc3c45)CC2)c2ccccc21. The first-order chi connectivity index (χ1) is 16.0. The van der Waals surface area contributed by atoms with Crippen LogP contribution in [0.25, 0.3) is 10.8 Å². The fourth-order valence-electron chi connectivity index (χ4n) is 6.44. The monoisotopic (exact) mass is 442 g/mol. The predicted molar refractivity (Wildman–Crippen MR) is 129 cm³/mol. The number of hydrogen-bond acceptors (Lipinski definition) is 4. The number of carbonyl (C=O) groups excluding carboxylic acids is 1. The Morgan fingerprint density at radius 3 is 2.52 bits per heavy atom. The highest BCUT2D eigenvalue weighted by atomic mass is 16.3. The topological polar surface area (TPSA) is 64.0 Å². The first-order valence-corrected chi connectivity index (χ1v) is 12.1. The summed E-state index contributed by atoms with van der Waals surface area (Å²) in [7, 11) is 0. The molecule has 33 heavy (non-hydrogen) atoms. The summed E-state index contributed by atoms with van der Waals surface area (Å²) >= 11 is 0. The van der Waals surface area contributed by atoms with Crippen LogP contribution in [0.2, 0.25) is 0 Å². The number of amides is 1. The number of hydrogen-bond donors (Lipinski definition) is 2. The highest BCUT2D eigenvalue weighted by molar-refractivity contribution is 6.07. The summed E-state index contributed by atoms with van der Waals surface area (Å²) in [5.41, 5.74) is 2.63. The van der Waals surface area contributed by atoms with Gasteiger partial charge in [-0.3, -0.25) is 9.69 Å². The van der Waals surface area contributed by atoms with E-state index in [-0.39, 0.29) is 18.4 Å². The van der Waals surface area contributed by atoms with Crippen LogP contribution < -0.4 is 4.90 Å². The van der Waals surface area contributed by atoms with Gasteiger partial charge in [-0.25, -0.2) is 0 Å². The van der Waals surface area contributed by atoms with Gasteiger partial charge < -0.3 is 15.1 Å². The summed E-state index contributed by atoms with van der Waals surface area (Å²) in [6.45, 7) is 3.45. The van der Waals surface area contributed by atoms with Crippen LogP contribution in [0.1, 0.15) is 48.9 Å². The second-order valence-electron chi connectivity index (χ2n) is 9.96. The van der Waals surface area contributed by atoms with Crippen molar-refractivity contribution in [3.8, 4) is 0 Å². The molecule has 3 unspecified atom stereocenters. The molecule has 0 saturated carbocycles. The molecule has 0 radical (unpaired) electrons. The Bertz CT molecular complexity index is 1230. The van der Waals surface area contributed by atoms with Gasteiger partial charge in [0, 0.05) is 37.2 Å². The number of benzene rings is 3. The fourth-order valence-corrected chi connectivity index (χ4v) is 6.44. The van der Waals surface area contributed by atoms with Crippen molar-refractivity contribution in [3.05, 3.63) is 77.4 Å². The summed E-state index contributed by atoms with van der Waals surface area (Å²) in [5, 5.41) is 24.0. The molecular weight excluding hydrogens is 412 g/mol. The second-order valence-corrected chi connectivity index (χ2v) is 9.96. The standard InChI is InChI=1S/C28H30N2O3/c1-18(31)17-28(33)23-10-2-3-11-24(23)30(27(28)32)21-12-14-29(15-13-21)25-16-20-8-4-6-19-7-5-9-22(25)26(19)20/h2-11,18,21,25,31,33H,12-17H2,1H3. The van der Waals surface area contributed by atoms with Crippen molar-refractivity contribution < 1.29 is 15.0 Å². The van der Waals surface area contributed by atoms with Crippen LogP contribution in [-0.2, 0) is 16.8 Å². The number of piperidine rings is 1. The molecule has 3 aromatic rings. The quantitative estimate of drug-likeness (QED) is 0.643. The third kappa shape index (κ3) is 3.14. The molecule has 2 aliphatic heterocycles. The average Bonchev–Trinajstić information content (AvgIpc) is 3.29. The van der Waals surface area contributed by atoms with Crippen molar-refractivity contribution >= 4 is 22.4 Å². The number of carbonyl (C=O) groups is 1. The largest absolute Gasteiger partial charge is 0.393 e. The van der Waals surface area contributed by atoms with E-state index >= 15 is 0 Å². The molecule has 3 atom stereocenters. The lowest BCUT2D eigenvalue weighted by molar-refractivity contribution is -0.139. The highest BCUT2D eigenvalue weighted by Crippen LogP contribution is 2.46. The normalized spacial score (nSPS) is 26.2. The van der Waals surface area contributed by atoms with E-state index in [1.807, 2.05) is 29.2 Å². The first kappa shape index (κ1) is 20.8. The Hall–Kier alpha value is -2.73. The van der Waals surface area contributed by atoms with E-state index in [2.05, 4.69) is 41.3 Å². The highest BCUT2D eigenvalue weighted by Gasteiger charge is 2.52. The Balaban J connectivity index is 1.23. The van der Waals surface area contributed by atoms with E-state index in [1.165, 1.54) is 21.9 Å². The third-order valence-electron chi connectivity index (χ3n) is 7.87. The minimum Gasteiger partial charge on any atom is -0.393 e. The number of anilines is 1. The number of fused-ring (bicyclic) bond motifs is 1. The molecule has 3 aromatic carbocycles. The second kappa shape index (κ2) is 7.66. The van der Waals surface area contributed by atoms with Crippen LogP contribution in [0, 0.1) is 0 Å². The lowest BCUT2D eigenvalue weighted by atomic mass is 9.90. The summed E-state index contributed by atoms with van der Waals surface area (Å²) in [6, 6.07) is 21.2. The molecule has 1 aliphatic carbocycles. The zero-order chi connectivity index (χ0) is 22.7. The number of rotatable bonds is 4. The molecule has 2 N–H and O–H groups in total. The number of aliphatic hydroxyl groups is 2. The summed E-state index contributed by atoms with van der Waals surface area (Å²) in [4.78, 5) is 17.9. The van der Waals surface area contributed by atoms with Crippen LogP contribution in [0.5, 0.6) is 0 Å². The zero-order valence-electron chi connectivity index (χ0n) is 18.9. The third-order valence-corrected chi connectivity index (χ3v) is 7.87. The summed E-state index contributed by atoms with van der Waals surface area (Å²) in [6.07, 6.45) is 2.03. The minimum absolute atomic E-state index is 0.0164. The Kier molecular flexibility index (Phi) is 4.84. The maximum atomic E-state index is 13.5. The van der Waals surface area contributed by atoms with Gasteiger partial charge in [0.25, 0.3) is 5.91 Å². The van der Waals surface area contributed by atoms with E-state index in [1.54, 1.807) is 6.92 Å². The molecule has 3 aliphatic rings. The maximum absolute atomic E-state index is 13.5. The van der Waals surface area contributed by atoms with Crippen molar-refractivity contribution in [3.63, 3.8) is 0 Å². The summed E-state index contributed by atoms with van der Waals surface area (Å²) in [5.74, 6) is -0.291. The van der Waals surface area contributed by atoms with Crippen LogP contribution in [0.15, 0.2) is 60.7 Å². The molecule has 1 fully saturated rings. The van der Waals surface area contributed by atoms with E-state index in [4.69, 9.17) is 0 Å². The first-order valence-electron chi connectivity index (χ1n) is 12.1. The molecule has 1 amide bonds. The average molecular weight is 443 g/mol. The van der Waals surface area contributed by atoms with Crippen LogP contribution in [0.3, 0.4) is 0 Å². The number of para-hydroxylation sites is 1. The molecule has 0 aromatic heterocycles. The van der Waals surface area contributed by atoms with Crippen LogP contribution in [-0.4, -0.2) is 46.3 Å². The van der Waals surface area contributed by atoms with Gasteiger partial charge in [0.1, 0.15) is 0 Å². The van der Waals surface area contributed by atoms with Crippen molar-refractivity contribution in [2.75, 3.05) is 18.0 Å². The van der Waals surface area contributed by atoms with Crippen LogP contribution >= 0.6 is 0 Å². The van der Waals surface area contributed by atoms with Crippen molar-refractivity contribution in [1.82, 2.24) is 4.90 Å². The van der Waals surface area contributed by atoms with Gasteiger partial charge in [-0.05, 0) is 54.2 Å². The molecule has 0 spiro atoms. The van der Waals surface area contributed by atoms with Gasteiger partial charge >= 0.3 is 0 Å². The van der Waals surface area contributed by atoms with E-state index in [0.29, 0.717) is 11.6 Å². The van der Waals surface area contributed by atoms with Gasteiger partial charge in [-0.2, -0.15) is 0 Å². The molecule has 170 valence electrons. The maximum Gasteiger partial charge on any atom is 0.264 e. The molecule has 6 rings (SSSR count). The van der Waals surface area contributed by atoms with Gasteiger partial charge in [0.15, 0.2) is 5.60 Å². The van der Waals surface area contributed by atoms with E-state index < -0.39 is 11.7 Å². The lowest BCUT2D eigenvalue weighted by Crippen LogP contribution is -2.50. The Morgan fingerprint density at radius 2 is 1.76 bits per heavy atom. The van der Waals surface area contributed by atoms with Gasteiger partial charge in [0.05, 0.1) is 11.8 Å². The number of nitrogens with zero attached hydrogens (tertiary/aromatic N) is 2. The summed E-state index contributed by atoms with van der Waals surface area (Å²) < 4.78 is 0. The molecule has 5 nitrogen and oxygen atoms in total. The Labute approximate surface area is 194 Å². The van der Waals surface area contributed by atoms with Gasteiger partial charge in [0.2, 0.25) is 0 Å². The van der Waals surface area contributed by atoms with E-state index in [9.17, 15) is 15.0 Å². The fraction of sp³-hybridized carbons (Fsp3) is 0.393. The van der Waals surface area contributed by atoms with Crippen molar-refractivity contribution in [2.45, 2.75) is 56.4 Å². The molecular formula is C28H30N2O3. The minimum atomic E-state index is -1.65. The lowest BCUT2D eigenvalue weighted by Gasteiger charge is -2.40. The number of likely N-dealkylation sites (tertiary alicyclic amines) is 1. The Morgan fingerprint density at radius 1 is 1.03 bits per heavy atom. The van der Waals surface area contributed by atoms with E-state index in [0.717, 1.165) is 38.0 Å². The number of aliphatic hydroxyl groups excluding tert-OH is 1. The molecule has 0 bridgehead atoms. The van der Waals surface area contributed by atoms with Gasteiger partial charge in [-0.15, -0.1) is 0 Å². The van der Waals surface area contributed by atoms with Gasteiger partial charge in [-0.1, -0.05) is 54.6 Å².